The van der Waals surface area contributed by atoms with Crippen molar-refractivity contribution in [3.8, 4) is 0 Å². The molecule has 0 fully saturated rings. The molecule has 23 heteroatoms. The van der Waals surface area contributed by atoms with Crippen LogP contribution in [0.15, 0.2) is 0 Å². The summed E-state index contributed by atoms with van der Waals surface area (Å²) in [5.74, 6) is 0. The van der Waals surface area contributed by atoms with Gasteiger partial charge in [0.05, 0.1) is 6.34 Å². The Hall–Kier alpha value is 7.39. The number of halogens is 2. The van der Waals surface area contributed by atoms with Crippen LogP contribution in [0.25, 0.3) is 9.30 Å². The van der Waals surface area contributed by atoms with Crippen molar-refractivity contribution in [3.05, 3.63) is 9.30 Å². The van der Waals surface area contributed by atoms with Gasteiger partial charge in [-0.05, 0) is 7.05 Å². The van der Waals surface area contributed by atoms with E-state index in [1.54, 1.807) is 0 Å². The molecule has 8 nitrogen and oxygen atoms in total. The van der Waals surface area contributed by atoms with Gasteiger partial charge in [-0.2, -0.15) is 0 Å². The van der Waals surface area contributed by atoms with E-state index in [1.807, 2.05) is 0 Å². The summed E-state index contributed by atoms with van der Waals surface area (Å²) >= 11 is -0.863. The summed E-state index contributed by atoms with van der Waals surface area (Å²) in [4.78, 5) is 0. The molecule has 378 valence electrons. The molecule has 0 unspecified atom stereocenters. The van der Waals surface area contributed by atoms with E-state index in [4.69, 9.17) is 14.7 Å². The van der Waals surface area contributed by atoms with E-state index < -0.39 is 107 Å². The molecular weight excluding hydrogens is 1480 g/mol. The van der Waals surface area contributed by atoms with Gasteiger partial charge in [-0.25, -0.2) is 0 Å². The first-order valence-corrected chi connectivity index (χ1v) is 57.0. The topological polar surface area (TPSA) is 123 Å². The largest absolute Gasteiger partial charge is 1.00 e. The molecule has 0 aliphatic carbocycles. The van der Waals surface area contributed by atoms with Gasteiger partial charge in [0, 0.05) is 0 Å². The van der Waals surface area contributed by atoms with Crippen LogP contribution in [0.3, 0.4) is 0 Å². The minimum Gasteiger partial charge on any atom is -0.390 e. The third-order valence-corrected chi connectivity index (χ3v) is 71.5. The van der Waals surface area contributed by atoms with Crippen LogP contribution in [0.5, 0.6) is 0 Å². The second kappa shape index (κ2) is 48.3. The SMILES string of the molecule is Br.C.C.C.C.C.C.CN.C[Si](C)(C)N[Si](C)(C)C.C[Si](C)(C)[N-][Si](C)(C)C.C[Si](C)(C)[N-][Si](C)(C)C.C[Si](C)(C)[N]([Pb][N]([Si](C)(C)C)[Si](C)(C)C)[Si](C)(C)C.I.N=CN.[Cs+].[Rb+]. The predicted octanol–water partition coefficient (Wildman–Crippen LogP) is 10.9. The Labute approximate surface area is 553 Å². The van der Waals surface area contributed by atoms with Gasteiger partial charge >= 0.3 is 268 Å². The molecule has 0 heterocycles. The third-order valence-electron chi connectivity index (χ3n) is 4.97. The summed E-state index contributed by atoms with van der Waals surface area (Å²) in [6.45, 7) is 72.4. The van der Waals surface area contributed by atoms with Crippen LogP contribution < -0.4 is 143 Å². The monoisotopic (exact) mass is 1610 g/mol. The Kier molecular flexibility index (Phi) is 89.7. The molecule has 0 atom stereocenters. The fraction of sp³-hybridized carbons (Fsp3) is 0.974. The van der Waals surface area contributed by atoms with E-state index in [-0.39, 0.29) is 213 Å². The average molecular weight is 1610 g/mol. The summed E-state index contributed by atoms with van der Waals surface area (Å²) in [5, 5.41) is 5.86. The van der Waals surface area contributed by atoms with Crippen molar-refractivity contribution in [3.63, 3.8) is 0 Å². The zero-order valence-corrected chi connectivity index (χ0v) is 73.0. The fourth-order valence-corrected chi connectivity index (χ4v) is 70.0. The van der Waals surface area contributed by atoms with Gasteiger partial charge in [0.25, 0.3) is 0 Å². The maximum atomic E-state index is 5.86. The Morgan fingerprint density at radius 1 is 0.426 bits per heavy atom. The Morgan fingerprint density at radius 3 is 0.574 bits per heavy atom. The van der Waals surface area contributed by atoms with Gasteiger partial charge < -0.3 is 25.4 Å². The van der Waals surface area contributed by atoms with E-state index >= 15 is 0 Å². The van der Waals surface area contributed by atoms with E-state index in [0.29, 0.717) is 0 Å². The fourth-order valence-electron chi connectivity index (χ4n) is 5.85. The first kappa shape index (κ1) is 113. The second-order valence-electron chi connectivity index (χ2n) is 23.2. The molecule has 6 N–H and O–H groups in total. The van der Waals surface area contributed by atoms with E-state index in [9.17, 15) is 0 Å². The zero-order valence-electron chi connectivity index (χ0n) is 43.8. The van der Waals surface area contributed by atoms with Crippen molar-refractivity contribution >= 4 is 154 Å². The van der Waals surface area contributed by atoms with Gasteiger partial charge in [0.1, 0.15) is 16.5 Å². The number of rotatable bonds is 12. The maximum absolute atomic E-state index is 5.86. The summed E-state index contributed by atoms with van der Waals surface area (Å²) < 4.78 is 19.6. The van der Waals surface area contributed by atoms with Crippen LogP contribution in [0, 0.1) is 5.41 Å². The van der Waals surface area contributed by atoms with Crippen molar-refractivity contribution in [2.24, 2.45) is 11.5 Å². The molecule has 0 aliphatic heterocycles. The molecule has 0 saturated heterocycles. The number of nitrogens with zero attached hydrogens (tertiary/aromatic N) is 4. The molecule has 0 aliphatic rings. The molecule has 0 aromatic carbocycles. The van der Waals surface area contributed by atoms with Crippen LogP contribution in [-0.2, 0) is 0 Å². The van der Waals surface area contributed by atoms with Crippen LogP contribution in [0.2, 0.25) is 196 Å². The van der Waals surface area contributed by atoms with Gasteiger partial charge in [0.15, 0.2) is 0 Å². The molecule has 0 amide bonds. The third kappa shape index (κ3) is 101. The van der Waals surface area contributed by atoms with Gasteiger partial charge in [-0.1, -0.05) is 195 Å². The number of nitrogens with two attached hydrogens (primary N) is 2. The van der Waals surface area contributed by atoms with E-state index in [1.165, 1.54) is 7.05 Å². The van der Waals surface area contributed by atoms with Crippen molar-refractivity contribution < 1.29 is 127 Å². The number of hydrogen-bond donors (Lipinski definition) is 4. The van der Waals surface area contributed by atoms with Gasteiger partial charge in [0.2, 0.25) is 0 Å². The van der Waals surface area contributed by atoms with E-state index in [2.05, 4.69) is 217 Å². The summed E-state index contributed by atoms with van der Waals surface area (Å²) in [6.07, 6.45) is 0.750. The normalized spacial score (nSPS) is 11.3. The molecular formula is C38H126BrCsIN8PbRbSi10. The predicted molar refractivity (Wildman–Crippen MR) is 342 cm³/mol. The van der Waals surface area contributed by atoms with Crippen LogP contribution in [0.4, 0.5) is 0 Å². The Balaban J connectivity index is -0.0000000303. The summed E-state index contributed by atoms with van der Waals surface area (Å²) in [7, 11) is -9.52. The first-order valence-electron chi connectivity index (χ1n) is 18.9. The number of nitrogens with one attached hydrogen (secondary N) is 2. The van der Waals surface area contributed by atoms with Crippen molar-refractivity contribution in [1.82, 2.24) is 8.73 Å². The van der Waals surface area contributed by atoms with Gasteiger partial charge in [-0.15, -0.1) is 41.0 Å². The van der Waals surface area contributed by atoms with Crippen LogP contribution >= 0.6 is 41.0 Å². The van der Waals surface area contributed by atoms with E-state index in [0.717, 1.165) is 6.34 Å². The summed E-state index contributed by atoms with van der Waals surface area (Å²) in [6, 6.07) is 0. The molecule has 0 aromatic heterocycles. The zero-order chi connectivity index (χ0) is 43.7. The van der Waals surface area contributed by atoms with Crippen molar-refractivity contribution in [1.29, 1.82) is 5.41 Å². The second-order valence-corrected chi connectivity index (χ2v) is 83.6. The number of hydrogen-bond acceptors (Lipinski definition) is 5. The van der Waals surface area contributed by atoms with Crippen molar-refractivity contribution in [2.45, 2.75) is 241 Å². The Bertz CT molecular complexity index is 756. The maximum Gasteiger partial charge on any atom is 1.00 e. The molecule has 0 saturated carbocycles. The minimum absolute atomic E-state index is 0. The molecule has 0 spiro atoms. The summed E-state index contributed by atoms with van der Waals surface area (Å²) in [5.41, 5.74) is 8.89. The molecule has 0 rings (SSSR count). The minimum atomic E-state index is -1.16. The van der Waals surface area contributed by atoms with Crippen molar-refractivity contribution in [2.75, 3.05) is 7.05 Å². The van der Waals surface area contributed by atoms with Crippen LogP contribution in [0.1, 0.15) is 44.6 Å². The Morgan fingerprint density at radius 2 is 0.541 bits per heavy atom. The first-order chi connectivity index (χ1) is 21.5. The standard InChI is InChI=1S/C6H19NSi2.4C6H18NSi2.CH4N2.CH5N.6CH4.BrH.Cs.HI.Pb.Rb/c5*1-8(2,3)7-9(4,5)6;2-1-3;1-2;;;;;;;;;;;/h7H,1-6H3;4*1-6H3;1H,(H3,2,3);2H2,1H3;6*1H4;1H;;1H;;/q;4*-1;;;;;;;;;;+1;;+2;+1. The molecule has 0 aromatic rings. The quantitative estimate of drug-likeness (QED) is 0.0671. The smallest absolute Gasteiger partial charge is 0.390 e. The van der Waals surface area contributed by atoms with Crippen LogP contribution in [-0.4, -0.2) is 125 Å². The average Bonchev–Trinajstić information content (AvgIpc) is 2.65. The molecule has 2 radical (unpaired) electrons. The van der Waals surface area contributed by atoms with Gasteiger partial charge in [-0.3, -0.25) is 5.41 Å². The molecule has 61 heavy (non-hydrogen) atoms. The molecule has 0 bridgehead atoms.